The van der Waals surface area contributed by atoms with Gasteiger partial charge in [-0.25, -0.2) is 9.37 Å². The molecule has 0 bridgehead atoms. The number of anilines is 2. The maximum Gasteiger partial charge on any atom is 0.227 e. The molecule has 10 heteroatoms. The zero-order valence-electron chi connectivity index (χ0n) is 23.9. The smallest absolute Gasteiger partial charge is 0.227 e. The molecule has 9 nitrogen and oxygen atoms in total. The Morgan fingerprint density at radius 1 is 0.875 bits per heavy atom. The van der Waals surface area contributed by atoms with Crippen LogP contribution in [0.2, 0.25) is 0 Å². The number of piperazine rings is 2. The van der Waals surface area contributed by atoms with Crippen molar-refractivity contribution in [2.75, 3.05) is 75.7 Å². The summed E-state index contributed by atoms with van der Waals surface area (Å²) in [4.78, 5) is 24.9. The Hall–Kier alpha value is -2.82. The van der Waals surface area contributed by atoms with Crippen LogP contribution in [0.4, 0.5) is 16.2 Å². The van der Waals surface area contributed by atoms with Crippen molar-refractivity contribution in [3.63, 3.8) is 0 Å². The van der Waals surface area contributed by atoms with Crippen molar-refractivity contribution in [1.29, 1.82) is 0 Å². The minimum absolute atomic E-state index is 0.225. The topological polar surface area (TPSA) is 68.6 Å². The number of aryl methyl sites for hydroxylation is 1. The van der Waals surface area contributed by atoms with Gasteiger partial charge in [0, 0.05) is 71.5 Å². The van der Waals surface area contributed by atoms with E-state index in [0.717, 1.165) is 107 Å². The molecular weight excluding hydrogens is 505 g/mol. The monoisotopic (exact) mass is 549 g/mol. The predicted octanol–water partition coefficient (Wildman–Crippen LogP) is 3.67. The molecule has 2 aromatic heterocycles. The van der Waals surface area contributed by atoms with E-state index in [4.69, 9.17) is 15.0 Å². The van der Waals surface area contributed by atoms with Crippen LogP contribution < -0.4 is 10.2 Å². The van der Waals surface area contributed by atoms with Crippen molar-refractivity contribution in [2.24, 2.45) is 0 Å². The van der Waals surface area contributed by atoms with E-state index in [0.29, 0.717) is 12.5 Å². The first-order chi connectivity index (χ1) is 19.7. The molecule has 3 fully saturated rings. The number of nitrogens with one attached hydrogen (secondary N) is 1. The van der Waals surface area contributed by atoms with Crippen molar-refractivity contribution in [1.82, 2.24) is 34.2 Å². The zero-order valence-corrected chi connectivity index (χ0v) is 23.9. The van der Waals surface area contributed by atoms with Crippen molar-refractivity contribution >= 4 is 22.9 Å². The molecule has 6 rings (SSSR count). The first-order valence-corrected chi connectivity index (χ1v) is 15.3. The highest BCUT2D eigenvalue weighted by molar-refractivity contribution is 5.85. The fourth-order valence-electron chi connectivity index (χ4n) is 6.54. The summed E-state index contributed by atoms with van der Waals surface area (Å²) in [6, 6.07) is 7.34. The summed E-state index contributed by atoms with van der Waals surface area (Å²) in [6.45, 7) is 14.6. The SMILES string of the molecule is CCN1CCN(CCCn2cnc3c(N4CCN(C5CCCC5)CC4)nc(NCc4ccc(F)cc4)nc32)CC1. The van der Waals surface area contributed by atoms with Crippen LogP contribution in [-0.4, -0.2) is 106 Å². The molecule has 0 radical (unpaired) electrons. The van der Waals surface area contributed by atoms with E-state index >= 15 is 0 Å². The van der Waals surface area contributed by atoms with Gasteiger partial charge in [0.15, 0.2) is 17.0 Å². The van der Waals surface area contributed by atoms with Gasteiger partial charge >= 0.3 is 0 Å². The minimum atomic E-state index is -0.225. The Morgan fingerprint density at radius 3 is 2.33 bits per heavy atom. The molecule has 0 atom stereocenters. The first kappa shape index (κ1) is 27.4. The Labute approximate surface area is 237 Å². The lowest BCUT2D eigenvalue weighted by atomic mass is 10.2. The standard InChI is InChI=1S/C30H44FN9/c1-2-36-14-16-37(17-15-36)12-5-13-40-23-33-27-28(39-20-18-38(19-21-39)26-6-3-4-7-26)34-30(35-29(27)40)32-22-24-8-10-25(31)11-9-24/h8-11,23,26H,2-7,12-22H2,1H3,(H,32,34,35). The quantitative estimate of drug-likeness (QED) is 0.411. The molecule has 4 heterocycles. The molecule has 216 valence electrons. The number of fused-ring (bicyclic) bond motifs is 1. The predicted molar refractivity (Wildman–Crippen MR) is 158 cm³/mol. The van der Waals surface area contributed by atoms with Crippen molar-refractivity contribution in [3.05, 3.63) is 42.0 Å². The van der Waals surface area contributed by atoms with Gasteiger partial charge in [-0.3, -0.25) is 4.90 Å². The molecule has 0 spiro atoms. The van der Waals surface area contributed by atoms with Crippen LogP contribution in [0.5, 0.6) is 0 Å². The Balaban J connectivity index is 1.17. The lowest BCUT2D eigenvalue weighted by Gasteiger charge is -2.38. The van der Waals surface area contributed by atoms with E-state index in [2.05, 4.69) is 36.4 Å². The Kier molecular flexibility index (Phi) is 8.74. The van der Waals surface area contributed by atoms with Gasteiger partial charge in [0.2, 0.25) is 5.95 Å². The van der Waals surface area contributed by atoms with Crippen molar-refractivity contribution in [3.8, 4) is 0 Å². The van der Waals surface area contributed by atoms with Crippen molar-refractivity contribution < 1.29 is 4.39 Å². The number of nitrogens with zero attached hydrogens (tertiary/aromatic N) is 8. The highest BCUT2D eigenvalue weighted by Gasteiger charge is 2.28. The van der Waals surface area contributed by atoms with Gasteiger partial charge in [0.25, 0.3) is 0 Å². The normalized spacial score (nSPS) is 20.1. The van der Waals surface area contributed by atoms with Gasteiger partial charge in [0.05, 0.1) is 6.33 Å². The lowest BCUT2D eigenvalue weighted by Crippen LogP contribution is -2.50. The second-order valence-electron chi connectivity index (χ2n) is 11.6. The number of aromatic nitrogens is 4. The lowest BCUT2D eigenvalue weighted by molar-refractivity contribution is 0.135. The Morgan fingerprint density at radius 2 is 1.60 bits per heavy atom. The molecule has 40 heavy (non-hydrogen) atoms. The summed E-state index contributed by atoms with van der Waals surface area (Å²) in [7, 11) is 0. The summed E-state index contributed by atoms with van der Waals surface area (Å²) in [6.07, 6.45) is 8.42. The molecule has 3 aliphatic rings. The van der Waals surface area contributed by atoms with Crippen LogP contribution in [0, 0.1) is 5.82 Å². The minimum Gasteiger partial charge on any atom is -0.352 e. The number of hydrogen-bond acceptors (Lipinski definition) is 8. The molecule has 1 saturated carbocycles. The summed E-state index contributed by atoms with van der Waals surface area (Å²) in [5, 5.41) is 3.40. The van der Waals surface area contributed by atoms with Crippen molar-refractivity contribution in [2.45, 2.75) is 58.2 Å². The van der Waals surface area contributed by atoms with E-state index in [9.17, 15) is 4.39 Å². The van der Waals surface area contributed by atoms with Gasteiger partial charge in [0.1, 0.15) is 5.82 Å². The number of likely N-dealkylation sites (N-methyl/N-ethyl adjacent to an activating group) is 1. The summed E-state index contributed by atoms with van der Waals surface area (Å²) in [5.74, 6) is 1.30. The van der Waals surface area contributed by atoms with Gasteiger partial charge in [-0.1, -0.05) is 31.9 Å². The average molecular weight is 550 g/mol. The van der Waals surface area contributed by atoms with Gasteiger partial charge in [-0.2, -0.15) is 9.97 Å². The molecule has 1 aliphatic carbocycles. The number of imidazole rings is 1. The highest BCUT2D eigenvalue weighted by Crippen LogP contribution is 2.29. The number of hydrogen-bond donors (Lipinski definition) is 1. The van der Waals surface area contributed by atoms with Gasteiger partial charge in [-0.15, -0.1) is 0 Å². The Bertz CT molecular complexity index is 1220. The summed E-state index contributed by atoms with van der Waals surface area (Å²) < 4.78 is 15.6. The third kappa shape index (κ3) is 6.39. The largest absolute Gasteiger partial charge is 0.352 e. The van der Waals surface area contributed by atoms with Gasteiger partial charge in [-0.05, 0) is 50.0 Å². The maximum atomic E-state index is 13.4. The number of rotatable bonds is 10. The molecule has 0 amide bonds. The van der Waals surface area contributed by atoms with Crippen LogP contribution in [0.15, 0.2) is 30.6 Å². The summed E-state index contributed by atoms with van der Waals surface area (Å²) >= 11 is 0. The molecule has 1 aromatic carbocycles. The third-order valence-electron chi connectivity index (χ3n) is 9.05. The second kappa shape index (κ2) is 12.8. The van der Waals surface area contributed by atoms with Crippen LogP contribution in [0.3, 0.4) is 0 Å². The third-order valence-corrected chi connectivity index (χ3v) is 9.05. The first-order valence-electron chi connectivity index (χ1n) is 15.3. The zero-order chi connectivity index (χ0) is 27.3. The molecule has 0 unspecified atom stereocenters. The highest BCUT2D eigenvalue weighted by atomic mass is 19.1. The average Bonchev–Trinajstić information content (AvgIpc) is 3.68. The van der Waals surface area contributed by atoms with Crippen LogP contribution in [0.25, 0.3) is 11.2 Å². The number of benzene rings is 1. The van der Waals surface area contributed by atoms with E-state index in [1.54, 1.807) is 12.1 Å². The molecule has 2 saturated heterocycles. The van der Waals surface area contributed by atoms with E-state index in [1.165, 1.54) is 37.8 Å². The molecule has 3 aromatic rings. The fraction of sp³-hybridized carbons (Fsp3) is 0.633. The van der Waals surface area contributed by atoms with Gasteiger partial charge < -0.3 is 24.6 Å². The van der Waals surface area contributed by atoms with E-state index in [1.807, 2.05) is 6.33 Å². The fourth-order valence-corrected chi connectivity index (χ4v) is 6.54. The summed E-state index contributed by atoms with van der Waals surface area (Å²) in [5.41, 5.74) is 2.77. The molecular formula is C30H44FN9. The number of halogens is 1. The molecule has 2 aliphatic heterocycles. The molecule has 1 N–H and O–H groups in total. The van der Waals surface area contributed by atoms with Crippen LogP contribution in [-0.2, 0) is 13.1 Å². The second-order valence-corrected chi connectivity index (χ2v) is 11.6. The maximum absolute atomic E-state index is 13.4. The van der Waals surface area contributed by atoms with Crippen LogP contribution in [0.1, 0.15) is 44.6 Å². The van der Waals surface area contributed by atoms with E-state index in [-0.39, 0.29) is 5.82 Å². The van der Waals surface area contributed by atoms with Crippen LogP contribution >= 0.6 is 0 Å². The van der Waals surface area contributed by atoms with E-state index < -0.39 is 0 Å².